The molecule has 0 heterocycles. The van der Waals surface area contributed by atoms with Crippen LogP contribution in [-0.4, -0.2) is 17.0 Å². The van der Waals surface area contributed by atoms with Gasteiger partial charge in [0.15, 0.2) is 0 Å². The van der Waals surface area contributed by atoms with E-state index in [9.17, 15) is 9.59 Å². The van der Waals surface area contributed by atoms with Crippen molar-refractivity contribution >= 4 is 11.9 Å². The van der Waals surface area contributed by atoms with Gasteiger partial charge in [-0.3, -0.25) is 0 Å². The third-order valence-corrected chi connectivity index (χ3v) is 0.557. The Bertz CT molecular complexity index is 97.9. The Morgan fingerprint density at radius 2 is 2.00 bits per heavy atom. The molecule has 0 amide bonds. The molecular formula is C2HO4Ti. The Hall–Kier alpha value is -0.346. The number of hydrogen-bond acceptors (Lipinski definition) is 3. The fourth-order valence-corrected chi connectivity index (χ4v) is 0.180. The maximum absolute atomic E-state index is 9.69. The summed E-state index contributed by atoms with van der Waals surface area (Å²) in [5.74, 6) is -2.80. The fraction of sp³-hybridized carbons (Fsp3) is 0. The van der Waals surface area contributed by atoms with Crippen molar-refractivity contribution in [3.8, 4) is 0 Å². The number of hydrogen-bond donors (Lipinski definition) is 1. The van der Waals surface area contributed by atoms with E-state index in [0.717, 1.165) is 20.8 Å². The standard InChI is InChI=1S/C2H2O4.Ti/c3-1(4)2(5)6;/h(H,3,4)(H,5,6);/q;+1/p-1. The van der Waals surface area contributed by atoms with Gasteiger partial charge in [-0.2, -0.15) is 0 Å². The van der Waals surface area contributed by atoms with Crippen LogP contribution in [0, 0.1) is 0 Å². The molecule has 0 saturated carbocycles. The van der Waals surface area contributed by atoms with E-state index in [2.05, 4.69) is 3.32 Å². The Labute approximate surface area is 51.3 Å². The van der Waals surface area contributed by atoms with Crippen LogP contribution in [0.1, 0.15) is 0 Å². The van der Waals surface area contributed by atoms with E-state index in [1.165, 1.54) is 0 Å². The predicted molar refractivity (Wildman–Crippen MR) is 13.7 cm³/mol. The van der Waals surface area contributed by atoms with Crippen LogP contribution in [0.2, 0.25) is 0 Å². The number of carbonyl (C=O) groups is 2. The molecule has 37 valence electrons. The SMILES string of the molecule is O=C(O)C(=O)[O][Ti]. The van der Waals surface area contributed by atoms with Crippen LogP contribution in [0.25, 0.3) is 0 Å². The molecular weight excluding hydrogens is 136 g/mol. The molecule has 0 aliphatic rings. The Kier molecular flexibility index (Phi) is 2.63. The number of carboxylic acid groups (broad SMARTS) is 1. The summed E-state index contributed by atoms with van der Waals surface area (Å²) in [5.41, 5.74) is 0. The molecule has 5 heteroatoms. The van der Waals surface area contributed by atoms with Gasteiger partial charge in [0.05, 0.1) is 0 Å². The van der Waals surface area contributed by atoms with Gasteiger partial charge in [0.2, 0.25) is 0 Å². The number of carboxylic acids is 1. The van der Waals surface area contributed by atoms with Crippen LogP contribution < -0.4 is 0 Å². The summed E-state index contributed by atoms with van der Waals surface area (Å²) < 4.78 is 3.77. The average molecular weight is 137 g/mol. The maximum atomic E-state index is 9.69. The minimum absolute atomic E-state index is 1.01. The third-order valence-electron chi connectivity index (χ3n) is 0.267. The average Bonchev–Trinajstić information content (AvgIpc) is 1.65. The van der Waals surface area contributed by atoms with E-state index >= 15 is 0 Å². The number of carbonyl (C=O) groups excluding carboxylic acids is 1. The quantitative estimate of drug-likeness (QED) is 0.346. The molecule has 0 aliphatic carbocycles. The van der Waals surface area contributed by atoms with Crippen molar-refractivity contribution in [2.24, 2.45) is 0 Å². The number of rotatable bonds is 0. The second-order valence-corrected chi connectivity index (χ2v) is 1.01. The molecule has 0 rings (SSSR count). The van der Waals surface area contributed by atoms with Crippen LogP contribution in [0.15, 0.2) is 0 Å². The van der Waals surface area contributed by atoms with E-state index in [4.69, 9.17) is 5.11 Å². The molecule has 7 heavy (non-hydrogen) atoms. The van der Waals surface area contributed by atoms with Crippen molar-refractivity contribution in [1.29, 1.82) is 0 Å². The number of aliphatic carboxylic acids is 1. The zero-order valence-electron chi connectivity index (χ0n) is 3.17. The van der Waals surface area contributed by atoms with E-state index < -0.39 is 11.9 Å². The molecule has 0 fully saturated rings. The Morgan fingerprint density at radius 3 is 2.00 bits per heavy atom. The van der Waals surface area contributed by atoms with E-state index in [0.29, 0.717) is 0 Å². The summed E-state index contributed by atoms with van der Waals surface area (Å²) in [6.07, 6.45) is 0. The molecule has 0 aromatic rings. The molecule has 0 aromatic heterocycles. The molecule has 0 bridgehead atoms. The van der Waals surface area contributed by atoms with Gasteiger partial charge in [0.1, 0.15) is 0 Å². The van der Waals surface area contributed by atoms with Crippen LogP contribution in [0.3, 0.4) is 0 Å². The van der Waals surface area contributed by atoms with Crippen molar-refractivity contribution in [2.75, 3.05) is 0 Å². The first-order valence-electron chi connectivity index (χ1n) is 1.29. The zero-order chi connectivity index (χ0) is 5.86. The van der Waals surface area contributed by atoms with Crippen molar-refractivity contribution in [2.45, 2.75) is 0 Å². The van der Waals surface area contributed by atoms with Crippen molar-refractivity contribution < 1.29 is 38.8 Å². The summed E-state index contributed by atoms with van der Waals surface area (Å²) in [6.45, 7) is 0. The van der Waals surface area contributed by atoms with Gasteiger partial charge in [-0.1, -0.05) is 0 Å². The van der Waals surface area contributed by atoms with Gasteiger partial charge >= 0.3 is 50.8 Å². The van der Waals surface area contributed by atoms with Gasteiger partial charge in [0.25, 0.3) is 0 Å². The molecule has 0 aliphatic heterocycles. The summed E-state index contributed by atoms with van der Waals surface area (Å²) >= 11 is 1.01. The fourth-order valence-electron chi connectivity index (χ4n) is 0.0437. The topological polar surface area (TPSA) is 63.6 Å². The van der Waals surface area contributed by atoms with Gasteiger partial charge in [-0.25, -0.2) is 0 Å². The van der Waals surface area contributed by atoms with E-state index in [1.807, 2.05) is 0 Å². The summed E-state index contributed by atoms with van der Waals surface area (Å²) in [5, 5.41) is 7.71. The second-order valence-electron chi connectivity index (χ2n) is 0.695. The molecule has 0 radical (unpaired) electrons. The second kappa shape index (κ2) is 2.77. The van der Waals surface area contributed by atoms with Crippen molar-refractivity contribution in [3.05, 3.63) is 0 Å². The van der Waals surface area contributed by atoms with Crippen molar-refractivity contribution in [3.63, 3.8) is 0 Å². The Morgan fingerprint density at radius 1 is 1.57 bits per heavy atom. The first-order chi connectivity index (χ1) is 3.18. The van der Waals surface area contributed by atoms with E-state index in [-0.39, 0.29) is 0 Å². The molecule has 0 aromatic carbocycles. The molecule has 0 saturated heterocycles. The first-order valence-corrected chi connectivity index (χ1v) is 1.93. The van der Waals surface area contributed by atoms with Gasteiger partial charge in [-0.05, 0) is 0 Å². The molecule has 4 nitrogen and oxygen atoms in total. The summed E-state index contributed by atoms with van der Waals surface area (Å²) in [4.78, 5) is 19.1. The summed E-state index contributed by atoms with van der Waals surface area (Å²) in [7, 11) is 0. The van der Waals surface area contributed by atoms with Crippen molar-refractivity contribution in [1.82, 2.24) is 0 Å². The van der Waals surface area contributed by atoms with Crippen LogP contribution in [0.5, 0.6) is 0 Å². The normalized spacial score (nSPS) is 7.29. The van der Waals surface area contributed by atoms with Gasteiger partial charge < -0.3 is 0 Å². The molecule has 0 unspecified atom stereocenters. The van der Waals surface area contributed by atoms with Crippen LogP contribution in [-0.2, 0) is 33.7 Å². The van der Waals surface area contributed by atoms with E-state index in [1.54, 1.807) is 0 Å². The zero-order valence-corrected chi connectivity index (χ0v) is 4.73. The van der Waals surface area contributed by atoms with Crippen LogP contribution >= 0.6 is 0 Å². The third kappa shape index (κ3) is 2.36. The first kappa shape index (κ1) is 6.65. The minimum atomic E-state index is -1.57. The van der Waals surface area contributed by atoms with Gasteiger partial charge in [-0.15, -0.1) is 0 Å². The van der Waals surface area contributed by atoms with Gasteiger partial charge in [0, 0.05) is 0 Å². The molecule has 1 N–H and O–H groups in total. The predicted octanol–water partition coefficient (Wildman–Crippen LogP) is -0.924. The monoisotopic (exact) mass is 137 g/mol. The molecule has 0 atom stereocenters. The van der Waals surface area contributed by atoms with Crippen LogP contribution in [0.4, 0.5) is 0 Å². The Balaban J connectivity index is 3.58. The molecule has 0 spiro atoms. The summed E-state index contributed by atoms with van der Waals surface area (Å²) in [6, 6.07) is 0.